The molecule has 1 aliphatic rings. The summed E-state index contributed by atoms with van der Waals surface area (Å²) in [6.45, 7) is 1.22. The Labute approximate surface area is 190 Å². The summed E-state index contributed by atoms with van der Waals surface area (Å²) in [5.41, 5.74) is 2.74. The van der Waals surface area contributed by atoms with E-state index in [1.807, 2.05) is 0 Å². The van der Waals surface area contributed by atoms with Gasteiger partial charge >= 0.3 is 5.97 Å². The number of esters is 1. The van der Waals surface area contributed by atoms with Gasteiger partial charge in [0, 0.05) is 21.8 Å². The molecule has 0 fully saturated rings. The topological polar surface area (TPSA) is 92.8 Å². The summed E-state index contributed by atoms with van der Waals surface area (Å²) in [6, 6.07) is 16.3. The van der Waals surface area contributed by atoms with E-state index in [1.165, 1.54) is 13.2 Å². The number of nitrogens with one attached hydrogen (secondary N) is 1. The summed E-state index contributed by atoms with van der Waals surface area (Å²) >= 11 is 6.16. The van der Waals surface area contributed by atoms with Crippen LogP contribution < -0.4 is 9.62 Å². The number of fused-ring (bicyclic) bond motifs is 3. The highest BCUT2D eigenvalue weighted by atomic mass is 35.5. The zero-order valence-electron chi connectivity index (χ0n) is 17.3. The van der Waals surface area contributed by atoms with Gasteiger partial charge < -0.3 is 10.1 Å². The van der Waals surface area contributed by atoms with Gasteiger partial charge in [-0.15, -0.1) is 0 Å². The van der Waals surface area contributed by atoms with Crippen LogP contribution in [0.5, 0.6) is 0 Å². The van der Waals surface area contributed by atoms with Crippen molar-refractivity contribution in [3.05, 3.63) is 76.8 Å². The Morgan fingerprint density at radius 3 is 2.53 bits per heavy atom. The summed E-state index contributed by atoms with van der Waals surface area (Å²) in [7, 11) is -2.70. The highest BCUT2D eigenvalue weighted by Gasteiger charge is 2.36. The average molecular weight is 471 g/mol. The Morgan fingerprint density at radius 1 is 1.03 bits per heavy atom. The van der Waals surface area contributed by atoms with Gasteiger partial charge in [0.1, 0.15) is 6.54 Å². The van der Waals surface area contributed by atoms with Crippen LogP contribution in [0, 0.1) is 6.92 Å². The molecule has 4 rings (SSSR count). The van der Waals surface area contributed by atoms with Crippen LogP contribution in [0.1, 0.15) is 15.9 Å². The first-order valence-electron chi connectivity index (χ1n) is 9.63. The minimum atomic E-state index is -3.98. The van der Waals surface area contributed by atoms with Crippen LogP contribution in [-0.2, 0) is 19.6 Å². The molecule has 0 aromatic heterocycles. The third-order valence-electron chi connectivity index (χ3n) is 5.27. The zero-order valence-corrected chi connectivity index (χ0v) is 18.8. The number of ether oxygens (including phenoxy) is 1. The molecule has 0 saturated heterocycles. The van der Waals surface area contributed by atoms with Crippen LogP contribution in [0.3, 0.4) is 0 Å². The molecule has 7 nitrogen and oxygen atoms in total. The van der Waals surface area contributed by atoms with Gasteiger partial charge in [-0.2, -0.15) is 0 Å². The number of rotatable bonds is 4. The average Bonchev–Trinajstić information content (AvgIpc) is 2.78. The summed E-state index contributed by atoms with van der Waals surface area (Å²) < 4.78 is 32.5. The van der Waals surface area contributed by atoms with Gasteiger partial charge in [0.2, 0.25) is 5.91 Å². The molecule has 0 spiro atoms. The molecule has 3 aromatic rings. The number of carbonyl (C=O) groups is 2. The molecule has 0 saturated carbocycles. The number of anilines is 2. The Morgan fingerprint density at radius 2 is 1.78 bits per heavy atom. The maximum absolute atomic E-state index is 13.3. The molecule has 164 valence electrons. The lowest BCUT2D eigenvalue weighted by Gasteiger charge is -2.31. The van der Waals surface area contributed by atoms with E-state index in [0.29, 0.717) is 38.7 Å². The Bertz CT molecular complexity index is 1350. The van der Waals surface area contributed by atoms with Gasteiger partial charge in [-0.3, -0.25) is 9.10 Å². The van der Waals surface area contributed by atoms with Crippen molar-refractivity contribution in [1.82, 2.24) is 0 Å². The van der Waals surface area contributed by atoms with Crippen molar-refractivity contribution in [1.29, 1.82) is 0 Å². The number of halogens is 1. The number of hydrogen-bond acceptors (Lipinski definition) is 5. The van der Waals surface area contributed by atoms with E-state index >= 15 is 0 Å². The predicted molar refractivity (Wildman–Crippen MR) is 123 cm³/mol. The van der Waals surface area contributed by atoms with Gasteiger partial charge in [-0.1, -0.05) is 35.9 Å². The lowest BCUT2D eigenvalue weighted by molar-refractivity contribution is -0.114. The van der Waals surface area contributed by atoms with Gasteiger partial charge in [-0.05, 0) is 48.9 Å². The van der Waals surface area contributed by atoms with E-state index in [2.05, 4.69) is 5.32 Å². The van der Waals surface area contributed by atoms with E-state index in [0.717, 1.165) is 4.31 Å². The van der Waals surface area contributed by atoms with Crippen LogP contribution in [0.4, 0.5) is 11.4 Å². The molecule has 9 heteroatoms. The van der Waals surface area contributed by atoms with Crippen molar-refractivity contribution in [2.24, 2.45) is 0 Å². The summed E-state index contributed by atoms with van der Waals surface area (Å²) in [4.78, 5) is 24.9. The zero-order chi connectivity index (χ0) is 23.0. The highest BCUT2D eigenvalue weighted by molar-refractivity contribution is 7.93. The second kappa shape index (κ2) is 8.29. The lowest BCUT2D eigenvalue weighted by Crippen LogP contribution is -2.40. The lowest BCUT2D eigenvalue weighted by atomic mass is 10.0. The van der Waals surface area contributed by atoms with E-state index in [9.17, 15) is 18.0 Å². The SMILES string of the molecule is COC(=O)c1cccc(NC(=O)CN2c3ccc(Cl)cc3-c3ccccc3S2(=O)=O)c1C. The number of nitrogens with zero attached hydrogens (tertiary/aromatic N) is 1. The monoisotopic (exact) mass is 470 g/mol. The van der Waals surface area contributed by atoms with Crippen LogP contribution in [0.2, 0.25) is 5.02 Å². The summed E-state index contributed by atoms with van der Waals surface area (Å²) in [5.74, 6) is -1.08. The largest absolute Gasteiger partial charge is 0.465 e. The highest BCUT2D eigenvalue weighted by Crippen LogP contribution is 2.43. The molecule has 1 amide bonds. The second-order valence-electron chi connectivity index (χ2n) is 7.19. The first kappa shape index (κ1) is 21.9. The number of methoxy groups -OCH3 is 1. The van der Waals surface area contributed by atoms with Gasteiger partial charge in [0.05, 0.1) is 23.3 Å². The van der Waals surface area contributed by atoms with Crippen molar-refractivity contribution in [2.75, 3.05) is 23.3 Å². The normalized spacial score (nSPS) is 13.7. The molecule has 1 aliphatic heterocycles. The molecule has 32 heavy (non-hydrogen) atoms. The number of amides is 1. The quantitative estimate of drug-likeness (QED) is 0.575. The smallest absolute Gasteiger partial charge is 0.338 e. The number of benzene rings is 3. The van der Waals surface area contributed by atoms with Crippen molar-refractivity contribution in [2.45, 2.75) is 11.8 Å². The van der Waals surface area contributed by atoms with Gasteiger partial charge in [0.25, 0.3) is 10.0 Å². The van der Waals surface area contributed by atoms with Crippen LogP contribution in [0.25, 0.3) is 11.1 Å². The minimum absolute atomic E-state index is 0.103. The number of carbonyl (C=O) groups excluding carboxylic acids is 2. The van der Waals surface area contributed by atoms with Crippen molar-refractivity contribution >= 4 is 44.9 Å². The molecule has 0 unspecified atom stereocenters. The second-order valence-corrected chi connectivity index (χ2v) is 9.45. The number of sulfonamides is 1. The third-order valence-corrected chi connectivity index (χ3v) is 7.33. The first-order valence-corrected chi connectivity index (χ1v) is 11.5. The van der Waals surface area contributed by atoms with Crippen LogP contribution in [-0.4, -0.2) is 33.9 Å². The van der Waals surface area contributed by atoms with E-state index in [4.69, 9.17) is 16.3 Å². The van der Waals surface area contributed by atoms with Gasteiger partial charge in [-0.25, -0.2) is 13.2 Å². The Balaban J connectivity index is 1.70. The standard InChI is InChI=1S/C23H19ClN2O5S/c1-14-16(23(28)31-2)7-5-8-19(14)25-22(27)13-26-20-11-10-15(24)12-18(20)17-6-3-4-9-21(17)32(26,29)30/h3-12H,13H2,1-2H3,(H,25,27). The van der Waals surface area contributed by atoms with E-state index in [-0.39, 0.29) is 4.90 Å². The van der Waals surface area contributed by atoms with Crippen molar-refractivity contribution in [3.63, 3.8) is 0 Å². The fourth-order valence-corrected chi connectivity index (χ4v) is 5.52. The Hall–Kier alpha value is -3.36. The van der Waals surface area contributed by atoms with Gasteiger partial charge in [0.15, 0.2) is 0 Å². The molecule has 1 heterocycles. The molecule has 0 aliphatic carbocycles. The molecular formula is C23H19ClN2O5S. The molecule has 0 radical (unpaired) electrons. The maximum Gasteiger partial charge on any atom is 0.338 e. The molecular weight excluding hydrogens is 452 g/mol. The maximum atomic E-state index is 13.3. The fourth-order valence-electron chi connectivity index (χ4n) is 3.70. The fraction of sp³-hybridized carbons (Fsp3) is 0.130. The predicted octanol–water partition coefficient (Wildman–Crippen LogP) is 4.25. The molecule has 1 N–H and O–H groups in total. The first-order chi connectivity index (χ1) is 15.2. The van der Waals surface area contributed by atoms with E-state index in [1.54, 1.807) is 61.5 Å². The van der Waals surface area contributed by atoms with Crippen LogP contribution in [0.15, 0.2) is 65.6 Å². The Kier molecular flexibility index (Phi) is 5.66. The summed E-state index contributed by atoms with van der Waals surface area (Å²) in [6.07, 6.45) is 0. The van der Waals surface area contributed by atoms with Crippen molar-refractivity contribution in [3.8, 4) is 11.1 Å². The number of hydrogen-bond donors (Lipinski definition) is 1. The van der Waals surface area contributed by atoms with Crippen LogP contribution >= 0.6 is 11.6 Å². The van der Waals surface area contributed by atoms with Crippen molar-refractivity contribution < 1.29 is 22.7 Å². The minimum Gasteiger partial charge on any atom is -0.465 e. The summed E-state index contributed by atoms with van der Waals surface area (Å²) in [5, 5.41) is 3.16. The van der Waals surface area contributed by atoms with E-state index < -0.39 is 28.4 Å². The molecule has 0 atom stereocenters. The third kappa shape index (κ3) is 3.72. The molecule has 0 bridgehead atoms. The molecule has 3 aromatic carbocycles.